The lowest BCUT2D eigenvalue weighted by atomic mass is 10.0. The molecule has 0 saturated carbocycles. The van der Waals surface area contributed by atoms with Crippen molar-refractivity contribution in [2.24, 2.45) is 0 Å². The van der Waals surface area contributed by atoms with Gasteiger partial charge in [0, 0.05) is 19.3 Å². The van der Waals surface area contributed by atoms with Crippen LogP contribution in [0.5, 0.6) is 0 Å². The Kier molecular flexibility index (Phi) is 42.3. The van der Waals surface area contributed by atoms with Crippen molar-refractivity contribution in [3.63, 3.8) is 0 Å². The lowest BCUT2D eigenvalue weighted by molar-refractivity contribution is -0.180. The average molecular weight is 801 g/mol. The number of hydrogen-bond donors (Lipinski definition) is 2. The molecule has 11 heteroatoms. The van der Waals surface area contributed by atoms with Gasteiger partial charge < -0.3 is 24.4 Å². The van der Waals surface area contributed by atoms with E-state index in [1.54, 1.807) is 38.0 Å². The highest BCUT2D eigenvalue weighted by atomic mass is 16.7. The van der Waals surface area contributed by atoms with Crippen LogP contribution in [0.4, 0.5) is 0 Å². The van der Waals surface area contributed by atoms with E-state index in [9.17, 15) is 19.2 Å². The van der Waals surface area contributed by atoms with Gasteiger partial charge in [0.1, 0.15) is 6.61 Å². The minimum Gasteiger partial charge on any atom is -0.481 e. The van der Waals surface area contributed by atoms with Gasteiger partial charge in [0.2, 0.25) is 6.29 Å². The van der Waals surface area contributed by atoms with Crippen LogP contribution < -0.4 is 0 Å². The van der Waals surface area contributed by atoms with Crippen molar-refractivity contribution >= 4 is 23.9 Å². The summed E-state index contributed by atoms with van der Waals surface area (Å²) in [6.45, 7) is 5.19. The summed E-state index contributed by atoms with van der Waals surface area (Å²) in [6.07, 6.45) is 35.2. The van der Waals surface area contributed by atoms with Crippen molar-refractivity contribution in [2.75, 3.05) is 47.9 Å². The molecule has 0 aliphatic carbocycles. The summed E-state index contributed by atoms with van der Waals surface area (Å²) in [4.78, 5) is 46.9. The first-order chi connectivity index (χ1) is 26.9. The van der Waals surface area contributed by atoms with Crippen LogP contribution in [-0.4, -0.2) is 104 Å². The third-order valence-electron chi connectivity index (χ3n) is 9.64. The zero-order valence-corrected chi connectivity index (χ0v) is 37.1. The summed E-state index contributed by atoms with van der Waals surface area (Å²) >= 11 is 0. The topological polar surface area (TPSA) is 143 Å². The summed E-state index contributed by atoms with van der Waals surface area (Å²) in [6, 6.07) is 0. The number of nitrogens with zero attached hydrogens (tertiary/aromatic N) is 2. The molecule has 11 nitrogen and oxygen atoms in total. The first-order valence-corrected chi connectivity index (χ1v) is 22.6. The molecule has 0 unspecified atom stereocenters. The normalized spacial score (nSPS) is 14.9. The zero-order chi connectivity index (χ0) is 42.1. The number of carboxylic acids is 2. The van der Waals surface area contributed by atoms with Crippen molar-refractivity contribution in [1.82, 2.24) is 9.80 Å². The Balaban J connectivity index is 0. The Morgan fingerprint density at radius 3 is 1.14 bits per heavy atom. The second kappa shape index (κ2) is 42.4. The van der Waals surface area contributed by atoms with Crippen LogP contribution >= 0.6 is 0 Å². The lowest BCUT2D eigenvalue weighted by Gasteiger charge is -2.16. The van der Waals surface area contributed by atoms with Crippen molar-refractivity contribution in [3.05, 3.63) is 0 Å². The Bertz CT molecular complexity index is 876. The molecule has 2 atom stereocenters. The largest absolute Gasteiger partial charge is 0.481 e. The molecule has 0 bridgehead atoms. The fourth-order valence-electron chi connectivity index (χ4n) is 6.40. The van der Waals surface area contributed by atoms with Crippen LogP contribution in [-0.2, 0) is 33.4 Å². The number of aliphatic carboxylic acids is 2. The second-order valence-corrected chi connectivity index (χ2v) is 16.2. The van der Waals surface area contributed by atoms with Gasteiger partial charge in [-0.05, 0) is 47.5 Å². The van der Waals surface area contributed by atoms with Crippen molar-refractivity contribution in [3.8, 4) is 0 Å². The number of carbonyl (C=O) groups excluding carboxylic acids is 2. The van der Waals surface area contributed by atoms with E-state index in [-0.39, 0.29) is 37.7 Å². The van der Waals surface area contributed by atoms with E-state index in [1.807, 2.05) is 0 Å². The molecule has 56 heavy (non-hydrogen) atoms. The SMILES string of the molecule is CCCCCCCCCCCCCCCC(=O)O.CCCCCCCCCCCCCCCC(=O)O.CN(C)CC(=O)OC[C@@H]1CC[C@H](OC(=O)CN(C)C)O1. The molecule has 0 radical (unpaired) electrons. The Morgan fingerprint density at radius 2 is 0.821 bits per heavy atom. The van der Waals surface area contributed by atoms with Crippen LogP contribution in [0.2, 0.25) is 0 Å². The van der Waals surface area contributed by atoms with Gasteiger partial charge >= 0.3 is 23.9 Å². The lowest BCUT2D eigenvalue weighted by Crippen LogP contribution is -2.29. The molecule has 0 aromatic carbocycles. The maximum atomic E-state index is 11.5. The number of esters is 2. The quantitative estimate of drug-likeness (QED) is 0.0467. The first kappa shape index (κ1) is 55.9. The van der Waals surface area contributed by atoms with E-state index in [4.69, 9.17) is 24.4 Å². The fourth-order valence-corrected chi connectivity index (χ4v) is 6.40. The van der Waals surface area contributed by atoms with E-state index in [0.29, 0.717) is 19.3 Å². The van der Waals surface area contributed by atoms with Crippen LogP contribution in [0.25, 0.3) is 0 Å². The monoisotopic (exact) mass is 801 g/mol. The third kappa shape index (κ3) is 46.1. The predicted octanol–water partition coefficient (Wildman–Crippen LogP) is 10.8. The van der Waals surface area contributed by atoms with Gasteiger partial charge in [-0.1, -0.05) is 168 Å². The Hall–Kier alpha value is -2.24. The first-order valence-electron chi connectivity index (χ1n) is 22.6. The molecule has 0 amide bonds. The number of unbranched alkanes of at least 4 members (excludes halogenated alkanes) is 24. The number of likely N-dealkylation sites (N-methyl/N-ethyl adjacent to an activating group) is 2. The number of ether oxygens (including phenoxy) is 3. The van der Waals surface area contributed by atoms with Gasteiger partial charge in [0.25, 0.3) is 0 Å². The van der Waals surface area contributed by atoms with Gasteiger partial charge in [0.15, 0.2) is 0 Å². The van der Waals surface area contributed by atoms with Crippen molar-refractivity contribution in [1.29, 1.82) is 0 Å². The Labute approximate surface area is 343 Å². The summed E-state index contributed by atoms with van der Waals surface area (Å²) in [5.41, 5.74) is 0. The average Bonchev–Trinajstić information content (AvgIpc) is 3.58. The summed E-state index contributed by atoms with van der Waals surface area (Å²) in [5, 5.41) is 17.0. The number of rotatable bonds is 35. The van der Waals surface area contributed by atoms with Gasteiger partial charge in [0.05, 0.1) is 19.2 Å². The van der Waals surface area contributed by atoms with Gasteiger partial charge in [-0.25, -0.2) is 0 Å². The summed E-state index contributed by atoms with van der Waals surface area (Å²) in [7, 11) is 7.19. The molecule has 1 heterocycles. The predicted molar refractivity (Wildman–Crippen MR) is 228 cm³/mol. The number of carboxylic acid groups (broad SMARTS) is 2. The van der Waals surface area contributed by atoms with E-state index < -0.39 is 18.2 Å². The van der Waals surface area contributed by atoms with Gasteiger partial charge in [-0.15, -0.1) is 0 Å². The molecule has 0 aromatic heterocycles. The number of hydrogen-bond acceptors (Lipinski definition) is 9. The minimum absolute atomic E-state index is 0.196. The maximum absolute atomic E-state index is 11.5. The van der Waals surface area contributed by atoms with Crippen LogP contribution in [0, 0.1) is 0 Å². The molecular weight excluding hydrogens is 713 g/mol. The smallest absolute Gasteiger partial charge is 0.322 e. The molecule has 332 valence electrons. The molecule has 1 fully saturated rings. The van der Waals surface area contributed by atoms with Crippen molar-refractivity contribution < 1.29 is 43.6 Å². The number of carbonyl (C=O) groups is 4. The summed E-state index contributed by atoms with van der Waals surface area (Å²) < 4.78 is 15.8. The molecule has 1 rings (SSSR count). The van der Waals surface area contributed by atoms with E-state index >= 15 is 0 Å². The summed E-state index contributed by atoms with van der Waals surface area (Å²) in [5.74, 6) is -1.91. The molecule has 1 aliphatic rings. The van der Waals surface area contributed by atoms with Crippen LogP contribution in [0.15, 0.2) is 0 Å². The Morgan fingerprint density at radius 1 is 0.500 bits per heavy atom. The molecule has 1 saturated heterocycles. The van der Waals surface area contributed by atoms with E-state index in [0.717, 1.165) is 32.1 Å². The van der Waals surface area contributed by atoms with Gasteiger partial charge in [-0.2, -0.15) is 0 Å². The zero-order valence-electron chi connectivity index (χ0n) is 37.1. The highest BCUT2D eigenvalue weighted by Gasteiger charge is 2.29. The standard InChI is InChI=1S/2C16H32O2.C13H24N2O5/c2*1-2-3-4-5-6-7-8-9-10-11-12-13-14-15-16(17)18;1-14(2)7-11(16)18-9-10-5-6-13(19-10)20-12(17)8-15(3)4/h2*2-15H2,1H3,(H,17,18);10,13H,5-9H2,1-4H3/t;;10-,13-/m..0/s1. The second-order valence-electron chi connectivity index (χ2n) is 16.2. The minimum atomic E-state index is -0.655. The molecule has 1 aliphatic heterocycles. The third-order valence-corrected chi connectivity index (χ3v) is 9.64. The van der Waals surface area contributed by atoms with E-state index in [1.165, 1.54) is 141 Å². The fraction of sp³-hybridized carbons (Fsp3) is 0.911. The highest BCUT2D eigenvalue weighted by Crippen LogP contribution is 2.21. The van der Waals surface area contributed by atoms with Gasteiger partial charge in [-0.3, -0.25) is 29.0 Å². The molecule has 0 spiro atoms. The van der Waals surface area contributed by atoms with E-state index in [2.05, 4.69) is 13.8 Å². The molecular formula is C45H88N2O9. The molecule has 2 N–H and O–H groups in total. The maximum Gasteiger partial charge on any atom is 0.322 e. The van der Waals surface area contributed by atoms with Crippen molar-refractivity contribution in [2.45, 2.75) is 219 Å². The van der Waals surface area contributed by atoms with Crippen LogP contribution in [0.3, 0.4) is 0 Å². The highest BCUT2D eigenvalue weighted by molar-refractivity contribution is 5.72. The van der Waals surface area contributed by atoms with Crippen LogP contribution in [0.1, 0.15) is 206 Å². The molecule has 0 aromatic rings.